The van der Waals surface area contributed by atoms with Crippen LogP contribution in [0.25, 0.3) is 5.52 Å². The van der Waals surface area contributed by atoms with Gasteiger partial charge in [-0.15, -0.1) is 0 Å². The zero-order valence-corrected chi connectivity index (χ0v) is 11.3. The molecule has 1 aromatic carbocycles. The molecule has 3 aromatic rings. The minimum absolute atomic E-state index is 0.0862. The maximum atomic E-state index is 9.32. The second kappa shape index (κ2) is 5.35. The zero-order valence-electron chi connectivity index (χ0n) is 11.3. The molecule has 2 aromatic heterocycles. The van der Waals surface area contributed by atoms with Gasteiger partial charge in [-0.3, -0.25) is 4.40 Å². The number of pyridine rings is 1. The van der Waals surface area contributed by atoms with Gasteiger partial charge in [-0.25, -0.2) is 4.98 Å². The number of fused-ring (bicyclic) bond motifs is 1. The fraction of sp³-hybridized carbons (Fsp3) is 0.188. The number of nitrogens with zero attached hydrogens (tertiary/aromatic N) is 2. The second-order valence-corrected chi connectivity index (χ2v) is 4.64. The van der Waals surface area contributed by atoms with Crippen LogP contribution in [0.15, 0.2) is 48.7 Å². The fourth-order valence-electron chi connectivity index (χ4n) is 2.32. The summed E-state index contributed by atoms with van der Waals surface area (Å²) in [6, 6.07) is 13.9. The molecule has 3 rings (SSSR count). The van der Waals surface area contributed by atoms with Crippen molar-refractivity contribution in [1.82, 2.24) is 9.38 Å². The Morgan fingerprint density at radius 1 is 1.15 bits per heavy atom. The number of rotatable bonds is 4. The smallest absolute Gasteiger partial charge is 0.145 e. The number of aryl methyl sites for hydroxylation is 1. The number of benzene rings is 1. The van der Waals surface area contributed by atoms with Gasteiger partial charge in [-0.05, 0) is 24.6 Å². The molecule has 102 valence electrons. The van der Waals surface area contributed by atoms with Crippen molar-refractivity contribution >= 4 is 5.52 Å². The third kappa shape index (κ3) is 2.26. The topological polar surface area (TPSA) is 46.8 Å². The average molecular weight is 268 g/mol. The third-order valence-electron chi connectivity index (χ3n) is 3.25. The number of hydrogen-bond acceptors (Lipinski definition) is 3. The summed E-state index contributed by atoms with van der Waals surface area (Å²) in [6.07, 6.45) is 1.89. The SMILES string of the molecule is Cc1nc(CO)n2cccc(OCc3ccccc3)c12. The van der Waals surface area contributed by atoms with Gasteiger partial charge in [-0.2, -0.15) is 0 Å². The molecule has 0 aliphatic carbocycles. The van der Waals surface area contributed by atoms with Crippen LogP contribution >= 0.6 is 0 Å². The van der Waals surface area contributed by atoms with Gasteiger partial charge in [0.25, 0.3) is 0 Å². The van der Waals surface area contributed by atoms with E-state index in [0.717, 1.165) is 22.5 Å². The molecule has 0 atom stereocenters. The summed E-state index contributed by atoms with van der Waals surface area (Å²) in [5.41, 5.74) is 2.89. The van der Waals surface area contributed by atoms with E-state index in [9.17, 15) is 5.11 Å². The van der Waals surface area contributed by atoms with Gasteiger partial charge in [0.2, 0.25) is 0 Å². The predicted molar refractivity (Wildman–Crippen MR) is 76.6 cm³/mol. The van der Waals surface area contributed by atoms with Crippen LogP contribution in [0.3, 0.4) is 0 Å². The van der Waals surface area contributed by atoms with Crippen LogP contribution in [0, 0.1) is 6.92 Å². The van der Waals surface area contributed by atoms with Gasteiger partial charge in [-0.1, -0.05) is 30.3 Å². The fourth-order valence-corrected chi connectivity index (χ4v) is 2.32. The highest BCUT2D eigenvalue weighted by atomic mass is 16.5. The first-order valence-electron chi connectivity index (χ1n) is 6.53. The Morgan fingerprint density at radius 3 is 2.70 bits per heavy atom. The van der Waals surface area contributed by atoms with Crippen LogP contribution in [-0.4, -0.2) is 14.5 Å². The minimum atomic E-state index is -0.0862. The first-order chi connectivity index (χ1) is 9.79. The highest BCUT2D eigenvalue weighted by Gasteiger charge is 2.11. The van der Waals surface area contributed by atoms with Crippen molar-refractivity contribution in [3.8, 4) is 5.75 Å². The molecule has 0 amide bonds. The highest BCUT2D eigenvalue weighted by molar-refractivity contribution is 5.64. The Kier molecular flexibility index (Phi) is 3.39. The number of aliphatic hydroxyl groups is 1. The molecular weight excluding hydrogens is 252 g/mol. The van der Waals surface area contributed by atoms with Crippen LogP contribution in [0.4, 0.5) is 0 Å². The largest absolute Gasteiger partial charge is 0.487 e. The molecular formula is C16H16N2O2. The van der Waals surface area contributed by atoms with Crippen LogP contribution in [0.1, 0.15) is 17.1 Å². The average Bonchev–Trinajstić information content (AvgIpc) is 2.83. The molecule has 4 heteroatoms. The summed E-state index contributed by atoms with van der Waals surface area (Å²) in [6.45, 7) is 2.35. The second-order valence-electron chi connectivity index (χ2n) is 4.64. The Morgan fingerprint density at radius 2 is 1.95 bits per heavy atom. The minimum Gasteiger partial charge on any atom is -0.487 e. The van der Waals surface area contributed by atoms with Gasteiger partial charge in [0.15, 0.2) is 0 Å². The van der Waals surface area contributed by atoms with Crippen molar-refractivity contribution in [2.75, 3.05) is 0 Å². The molecule has 1 N–H and O–H groups in total. The lowest BCUT2D eigenvalue weighted by Gasteiger charge is -2.09. The van der Waals surface area contributed by atoms with Gasteiger partial charge in [0.1, 0.15) is 30.3 Å². The third-order valence-corrected chi connectivity index (χ3v) is 3.25. The van der Waals surface area contributed by atoms with Gasteiger partial charge in [0.05, 0.1) is 5.69 Å². The first-order valence-corrected chi connectivity index (χ1v) is 6.53. The number of hydrogen-bond donors (Lipinski definition) is 1. The highest BCUT2D eigenvalue weighted by Crippen LogP contribution is 2.25. The van der Waals surface area contributed by atoms with E-state index in [4.69, 9.17) is 4.74 Å². The first kappa shape index (κ1) is 12.7. The van der Waals surface area contributed by atoms with E-state index in [1.54, 1.807) is 0 Å². The Balaban J connectivity index is 1.94. The number of aromatic nitrogens is 2. The monoisotopic (exact) mass is 268 g/mol. The van der Waals surface area contributed by atoms with Crippen LogP contribution in [0.5, 0.6) is 5.75 Å². The van der Waals surface area contributed by atoms with Crippen molar-refractivity contribution in [3.63, 3.8) is 0 Å². The van der Waals surface area contributed by atoms with Gasteiger partial charge >= 0.3 is 0 Å². The van der Waals surface area contributed by atoms with E-state index >= 15 is 0 Å². The maximum absolute atomic E-state index is 9.32. The summed E-state index contributed by atoms with van der Waals surface area (Å²) in [4.78, 5) is 4.36. The summed E-state index contributed by atoms with van der Waals surface area (Å²) >= 11 is 0. The summed E-state index contributed by atoms with van der Waals surface area (Å²) in [5, 5.41) is 9.32. The van der Waals surface area contributed by atoms with E-state index in [1.165, 1.54) is 0 Å². The molecule has 4 nitrogen and oxygen atoms in total. The van der Waals surface area contributed by atoms with Gasteiger partial charge in [0, 0.05) is 6.20 Å². The number of aliphatic hydroxyl groups excluding tert-OH is 1. The lowest BCUT2D eigenvalue weighted by atomic mass is 10.2. The van der Waals surface area contributed by atoms with Crippen LogP contribution in [0.2, 0.25) is 0 Å². The van der Waals surface area contributed by atoms with E-state index < -0.39 is 0 Å². The number of imidazole rings is 1. The summed E-state index contributed by atoms with van der Waals surface area (Å²) in [7, 11) is 0. The molecule has 0 aliphatic rings. The molecule has 0 saturated heterocycles. The Hall–Kier alpha value is -2.33. The summed E-state index contributed by atoms with van der Waals surface area (Å²) < 4.78 is 7.77. The van der Waals surface area contributed by atoms with Crippen molar-refractivity contribution in [2.24, 2.45) is 0 Å². The molecule has 0 fully saturated rings. The standard InChI is InChI=1S/C16H16N2O2/c1-12-16-14(20-11-13-6-3-2-4-7-13)8-5-9-18(16)15(10-19)17-12/h2-9,19H,10-11H2,1H3. The predicted octanol–water partition coefficient (Wildman–Crippen LogP) is 2.71. The quantitative estimate of drug-likeness (QED) is 0.791. The summed E-state index contributed by atoms with van der Waals surface area (Å²) in [5.74, 6) is 1.41. The van der Waals surface area contributed by atoms with Crippen LogP contribution in [-0.2, 0) is 13.2 Å². The van der Waals surface area contributed by atoms with Crippen molar-refractivity contribution < 1.29 is 9.84 Å². The lowest BCUT2D eigenvalue weighted by Crippen LogP contribution is -1.98. The normalized spacial score (nSPS) is 10.9. The molecule has 0 unspecified atom stereocenters. The maximum Gasteiger partial charge on any atom is 0.145 e. The molecule has 0 saturated carbocycles. The van der Waals surface area contributed by atoms with E-state index in [-0.39, 0.29) is 6.61 Å². The van der Waals surface area contributed by atoms with Crippen molar-refractivity contribution in [1.29, 1.82) is 0 Å². The van der Waals surface area contributed by atoms with Crippen LogP contribution < -0.4 is 4.74 Å². The van der Waals surface area contributed by atoms with Gasteiger partial charge < -0.3 is 9.84 Å². The van der Waals surface area contributed by atoms with Crippen molar-refractivity contribution in [3.05, 3.63) is 65.7 Å². The molecule has 0 bridgehead atoms. The lowest BCUT2D eigenvalue weighted by molar-refractivity contribution is 0.270. The Labute approximate surface area is 117 Å². The van der Waals surface area contributed by atoms with E-state index in [2.05, 4.69) is 4.98 Å². The molecule has 0 spiro atoms. The molecule has 20 heavy (non-hydrogen) atoms. The zero-order chi connectivity index (χ0) is 13.9. The molecule has 0 aliphatic heterocycles. The Bertz CT molecular complexity index is 720. The van der Waals surface area contributed by atoms with E-state index in [0.29, 0.717) is 12.4 Å². The number of ether oxygens (including phenoxy) is 1. The van der Waals surface area contributed by atoms with E-state index in [1.807, 2.05) is 60.0 Å². The molecule has 2 heterocycles. The molecule has 0 radical (unpaired) electrons. The van der Waals surface area contributed by atoms with Crippen molar-refractivity contribution in [2.45, 2.75) is 20.1 Å².